The largest absolute Gasteiger partial charge is 0.496 e. The lowest BCUT2D eigenvalue weighted by Gasteiger charge is -2.27. The second-order valence-electron chi connectivity index (χ2n) is 5.23. The molecule has 0 aliphatic heterocycles. The zero-order valence-electron chi connectivity index (χ0n) is 13.3. The van der Waals surface area contributed by atoms with Crippen molar-refractivity contribution in [3.05, 3.63) is 29.3 Å². The summed E-state index contributed by atoms with van der Waals surface area (Å²) in [6, 6.07) is 5.33. The number of carbonyl (C=O) groups is 2. The van der Waals surface area contributed by atoms with Gasteiger partial charge in [-0.05, 0) is 32.4 Å². The first-order chi connectivity index (χ1) is 9.87. The molecule has 5 heteroatoms. The van der Waals surface area contributed by atoms with Crippen LogP contribution in [-0.4, -0.2) is 31.6 Å². The van der Waals surface area contributed by atoms with Crippen LogP contribution in [-0.2, 0) is 9.53 Å². The van der Waals surface area contributed by atoms with Gasteiger partial charge in [0.25, 0.3) is 5.91 Å². The van der Waals surface area contributed by atoms with Crippen LogP contribution >= 0.6 is 0 Å². The second-order valence-corrected chi connectivity index (χ2v) is 5.23. The Labute approximate surface area is 125 Å². The summed E-state index contributed by atoms with van der Waals surface area (Å²) in [7, 11) is 2.82. The number of carbonyl (C=O) groups excluding carboxylic acids is 2. The van der Waals surface area contributed by atoms with Crippen molar-refractivity contribution in [3.63, 3.8) is 0 Å². The maximum absolute atomic E-state index is 12.5. The van der Waals surface area contributed by atoms with Crippen molar-refractivity contribution in [1.29, 1.82) is 0 Å². The van der Waals surface area contributed by atoms with Crippen LogP contribution in [0.3, 0.4) is 0 Å². The highest BCUT2D eigenvalue weighted by atomic mass is 16.5. The van der Waals surface area contributed by atoms with Gasteiger partial charge in [-0.25, -0.2) is 4.79 Å². The van der Waals surface area contributed by atoms with E-state index in [4.69, 9.17) is 9.47 Å². The molecule has 0 aliphatic carbocycles. The summed E-state index contributed by atoms with van der Waals surface area (Å²) >= 11 is 0. The smallest absolute Gasteiger partial charge is 0.331 e. The van der Waals surface area contributed by atoms with Crippen LogP contribution in [0.25, 0.3) is 0 Å². The van der Waals surface area contributed by atoms with Crippen molar-refractivity contribution in [2.45, 2.75) is 39.2 Å². The van der Waals surface area contributed by atoms with Crippen LogP contribution in [0.5, 0.6) is 5.75 Å². The van der Waals surface area contributed by atoms with Gasteiger partial charge in [-0.2, -0.15) is 0 Å². The lowest BCUT2D eigenvalue weighted by molar-refractivity contribution is -0.147. The van der Waals surface area contributed by atoms with Crippen molar-refractivity contribution in [2.75, 3.05) is 14.2 Å². The first-order valence-electron chi connectivity index (χ1n) is 6.93. The maximum atomic E-state index is 12.5. The number of hydrogen-bond donors (Lipinski definition) is 1. The molecule has 0 bridgehead atoms. The maximum Gasteiger partial charge on any atom is 0.331 e. The molecule has 5 nitrogen and oxygen atoms in total. The van der Waals surface area contributed by atoms with Gasteiger partial charge >= 0.3 is 5.97 Å². The van der Waals surface area contributed by atoms with Gasteiger partial charge in [-0.1, -0.05) is 25.0 Å². The SMILES string of the molecule is CCCC(C)(NC(=O)c1cc(C)ccc1OC)C(=O)OC. The number of methoxy groups -OCH3 is 2. The van der Waals surface area contributed by atoms with Crippen molar-refractivity contribution in [1.82, 2.24) is 5.32 Å². The summed E-state index contributed by atoms with van der Waals surface area (Å²) in [4.78, 5) is 24.4. The number of esters is 1. The van der Waals surface area contributed by atoms with E-state index in [9.17, 15) is 9.59 Å². The Kier molecular flexibility index (Phi) is 5.76. The quantitative estimate of drug-likeness (QED) is 0.818. The van der Waals surface area contributed by atoms with Crippen LogP contribution in [0.15, 0.2) is 18.2 Å². The van der Waals surface area contributed by atoms with E-state index < -0.39 is 11.5 Å². The molecule has 0 aromatic heterocycles. The van der Waals surface area contributed by atoms with E-state index in [1.165, 1.54) is 14.2 Å². The standard InChI is InChI=1S/C16H23NO4/c1-6-9-16(3,15(19)21-5)17-14(18)12-10-11(2)7-8-13(12)20-4/h7-8,10H,6,9H2,1-5H3,(H,17,18). The van der Waals surface area contributed by atoms with Crippen LogP contribution in [0.2, 0.25) is 0 Å². The molecular formula is C16H23NO4. The first-order valence-corrected chi connectivity index (χ1v) is 6.93. The Morgan fingerprint density at radius 1 is 1.29 bits per heavy atom. The molecule has 0 saturated heterocycles. The Balaban J connectivity index is 3.08. The van der Waals surface area contributed by atoms with Crippen molar-refractivity contribution >= 4 is 11.9 Å². The molecule has 1 aromatic rings. The predicted octanol–water partition coefficient (Wildman–Crippen LogP) is 2.47. The minimum atomic E-state index is -1.05. The number of rotatable bonds is 6. The highest BCUT2D eigenvalue weighted by Gasteiger charge is 2.35. The minimum absolute atomic E-state index is 0.350. The fourth-order valence-corrected chi connectivity index (χ4v) is 2.26. The van der Waals surface area contributed by atoms with E-state index in [1.807, 2.05) is 19.9 Å². The van der Waals surface area contributed by atoms with E-state index in [0.717, 1.165) is 12.0 Å². The molecule has 1 amide bonds. The van der Waals surface area contributed by atoms with Gasteiger partial charge in [-0.15, -0.1) is 0 Å². The molecule has 1 rings (SSSR count). The molecule has 1 atom stereocenters. The summed E-state index contributed by atoms with van der Waals surface area (Å²) < 4.78 is 10.0. The zero-order valence-corrected chi connectivity index (χ0v) is 13.3. The Bertz CT molecular complexity index is 527. The van der Waals surface area contributed by atoms with Gasteiger partial charge in [0.1, 0.15) is 11.3 Å². The van der Waals surface area contributed by atoms with E-state index in [-0.39, 0.29) is 5.91 Å². The van der Waals surface area contributed by atoms with Crippen LogP contribution < -0.4 is 10.1 Å². The Morgan fingerprint density at radius 2 is 1.95 bits per heavy atom. The van der Waals surface area contributed by atoms with Crippen LogP contribution in [0.1, 0.15) is 42.6 Å². The number of aryl methyl sites for hydroxylation is 1. The number of nitrogens with one attached hydrogen (secondary N) is 1. The lowest BCUT2D eigenvalue weighted by Crippen LogP contribution is -2.52. The van der Waals surface area contributed by atoms with Gasteiger partial charge in [0.05, 0.1) is 19.8 Å². The molecule has 1 N–H and O–H groups in total. The van der Waals surface area contributed by atoms with E-state index in [0.29, 0.717) is 17.7 Å². The summed E-state index contributed by atoms with van der Waals surface area (Å²) in [5, 5.41) is 2.77. The molecule has 0 radical (unpaired) electrons. The third-order valence-electron chi connectivity index (χ3n) is 3.37. The predicted molar refractivity (Wildman–Crippen MR) is 80.5 cm³/mol. The molecule has 21 heavy (non-hydrogen) atoms. The molecule has 0 saturated carbocycles. The third-order valence-corrected chi connectivity index (χ3v) is 3.37. The molecule has 1 unspecified atom stereocenters. The number of benzene rings is 1. The highest BCUT2D eigenvalue weighted by Crippen LogP contribution is 2.22. The van der Waals surface area contributed by atoms with Crippen molar-refractivity contribution in [2.24, 2.45) is 0 Å². The third kappa shape index (κ3) is 3.97. The molecule has 1 aromatic carbocycles. The monoisotopic (exact) mass is 293 g/mol. The fraction of sp³-hybridized carbons (Fsp3) is 0.500. The number of ether oxygens (including phenoxy) is 2. The summed E-state index contributed by atoms with van der Waals surface area (Å²) in [5.41, 5.74) is 0.301. The fourth-order valence-electron chi connectivity index (χ4n) is 2.26. The highest BCUT2D eigenvalue weighted by molar-refractivity contribution is 6.00. The first kappa shape index (κ1) is 17.0. The summed E-state index contributed by atoms with van der Waals surface area (Å²) in [5.74, 6) is -0.331. The van der Waals surface area contributed by atoms with Gasteiger partial charge in [0.2, 0.25) is 0 Å². The summed E-state index contributed by atoms with van der Waals surface area (Å²) in [6.07, 6.45) is 1.25. The molecule has 0 spiro atoms. The molecule has 0 fully saturated rings. The van der Waals surface area contributed by atoms with Crippen LogP contribution in [0.4, 0.5) is 0 Å². The Hall–Kier alpha value is -2.04. The molecule has 0 heterocycles. The average molecular weight is 293 g/mol. The van der Waals surface area contributed by atoms with E-state index in [2.05, 4.69) is 5.32 Å². The molecule has 116 valence electrons. The lowest BCUT2D eigenvalue weighted by atomic mass is 9.95. The topological polar surface area (TPSA) is 64.6 Å². The molecular weight excluding hydrogens is 270 g/mol. The van der Waals surface area contributed by atoms with Gasteiger partial charge in [0.15, 0.2) is 0 Å². The average Bonchev–Trinajstić information content (AvgIpc) is 2.46. The summed E-state index contributed by atoms with van der Waals surface area (Å²) in [6.45, 7) is 5.50. The van der Waals surface area contributed by atoms with Crippen molar-refractivity contribution < 1.29 is 19.1 Å². The van der Waals surface area contributed by atoms with Gasteiger partial charge in [0, 0.05) is 0 Å². The van der Waals surface area contributed by atoms with Gasteiger partial charge < -0.3 is 14.8 Å². The van der Waals surface area contributed by atoms with Crippen molar-refractivity contribution in [3.8, 4) is 5.75 Å². The number of hydrogen-bond acceptors (Lipinski definition) is 4. The number of amides is 1. The normalized spacial score (nSPS) is 13.2. The van der Waals surface area contributed by atoms with Crippen LogP contribution in [0, 0.1) is 6.92 Å². The minimum Gasteiger partial charge on any atom is -0.496 e. The van der Waals surface area contributed by atoms with Gasteiger partial charge in [-0.3, -0.25) is 4.79 Å². The Morgan fingerprint density at radius 3 is 2.48 bits per heavy atom. The zero-order chi connectivity index (χ0) is 16.0. The molecule has 0 aliphatic rings. The van der Waals surface area contributed by atoms with E-state index in [1.54, 1.807) is 19.1 Å². The van der Waals surface area contributed by atoms with E-state index >= 15 is 0 Å². The second kappa shape index (κ2) is 7.11.